The average molecular weight is 454 g/mol. The van der Waals surface area contributed by atoms with Crippen molar-refractivity contribution in [3.05, 3.63) is 53.8 Å². The topological polar surface area (TPSA) is 92.5 Å². The Balaban J connectivity index is 1.34. The summed E-state index contributed by atoms with van der Waals surface area (Å²) in [6.45, 7) is 4.32. The van der Waals surface area contributed by atoms with Crippen LogP contribution >= 0.6 is 0 Å². The minimum absolute atomic E-state index is 0.0337. The van der Waals surface area contributed by atoms with Gasteiger partial charge in [0.05, 0.1) is 18.2 Å². The second-order valence-corrected chi connectivity index (χ2v) is 7.94. The summed E-state index contributed by atoms with van der Waals surface area (Å²) in [5.74, 6) is -0.377. The first kappa shape index (κ1) is 22.7. The summed E-state index contributed by atoms with van der Waals surface area (Å²) >= 11 is 0. The summed E-state index contributed by atoms with van der Waals surface area (Å²) in [5, 5.41) is 14.0. The number of unbranched alkanes of at least 4 members (excludes halogenated alkanes) is 1. The normalized spacial score (nSPS) is 13.8. The van der Waals surface area contributed by atoms with Crippen LogP contribution in [0.1, 0.15) is 36.0 Å². The highest BCUT2D eigenvalue weighted by atomic mass is 19.1. The van der Waals surface area contributed by atoms with Crippen LogP contribution in [0.5, 0.6) is 5.75 Å². The number of ether oxygens (including phenoxy) is 1. The molecule has 1 aliphatic rings. The van der Waals surface area contributed by atoms with Crippen molar-refractivity contribution < 1.29 is 18.3 Å². The lowest BCUT2D eigenvalue weighted by molar-refractivity contribution is 0.102. The van der Waals surface area contributed by atoms with Crippen LogP contribution in [0.2, 0.25) is 0 Å². The molecule has 0 bridgehead atoms. The van der Waals surface area contributed by atoms with E-state index in [1.54, 1.807) is 24.3 Å². The van der Waals surface area contributed by atoms with Crippen molar-refractivity contribution in [1.29, 1.82) is 0 Å². The summed E-state index contributed by atoms with van der Waals surface area (Å²) in [6.07, 6.45) is 4.77. The standard InChI is InChI=1S/C24H28FN5O3/c1-32-21-16-17(27-22(31)18-8-2-3-9-20(18)25)10-11-19(21)23-28-29-24(33-23)26-12-4-5-13-30-14-6-7-15-30/h2-3,8-11,16H,4-7,12-15H2,1H3,(H,26,29)(H,27,31). The van der Waals surface area contributed by atoms with Crippen LogP contribution in [0.25, 0.3) is 11.5 Å². The zero-order valence-corrected chi connectivity index (χ0v) is 18.6. The van der Waals surface area contributed by atoms with Crippen LogP contribution in [0, 0.1) is 5.82 Å². The van der Waals surface area contributed by atoms with E-state index in [0.29, 0.717) is 28.9 Å². The fraction of sp³-hybridized carbons (Fsp3) is 0.375. The Morgan fingerprint density at radius 2 is 1.97 bits per heavy atom. The van der Waals surface area contributed by atoms with Gasteiger partial charge in [0.2, 0.25) is 0 Å². The highest BCUT2D eigenvalue weighted by molar-refractivity contribution is 6.04. The second kappa shape index (κ2) is 10.9. The van der Waals surface area contributed by atoms with Crippen LogP contribution in [-0.2, 0) is 0 Å². The first-order chi connectivity index (χ1) is 16.1. The van der Waals surface area contributed by atoms with Gasteiger partial charge in [0.15, 0.2) is 0 Å². The lowest BCUT2D eigenvalue weighted by Crippen LogP contribution is -2.20. The van der Waals surface area contributed by atoms with Gasteiger partial charge in [0.25, 0.3) is 11.8 Å². The molecule has 0 spiro atoms. The highest BCUT2D eigenvalue weighted by Gasteiger charge is 2.16. The van der Waals surface area contributed by atoms with Crippen LogP contribution in [0.4, 0.5) is 16.1 Å². The maximum absolute atomic E-state index is 13.9. The fourth-order valence-corrected chi connectivity index (χ4v) is 3.85. The number of carbonyl (C=O) groups is 1. The number of amides is 1. The Morgan fingerprint density at radius 3 is 2.76 bits per heavy atom. The van der Waals surface area contributed by atoms with E-state index in [1.165, 1.54) is 51.2 Å². The van der Waals surface area contributed by atoms with Gasteiger partial charge in [-0.3, -0.25) is 4.79 Å². The molecule has 2 aromatic carbocycles. The Labute approximate surface area is 192 Å². The molecular weight excluding hydrogens is 425 g/mol. The van der Waals surface area contributed by atoms with Gasteiger partial charge in [-0.2, -0.15) is 0 Å². The van der Waals surface area contributed by atoms with Gasteiger partial charge >= 0.3 is 6.01 Å². The monoisotopic (exact) mass is 453 g/mol. The largest absolute Gasteiger partial charge is 0.496 e. The van der Waals surface area contributed by atoms with Crippen molar-refractivity contribution in [2.45, 2.75) is 25.7 Å². The number of likely N-dealkylation sites (tertiary alicyclic amines) is 1. The van der Waals surface area contributed by atoms with E-state index >= 15 is 0 Å². The number of hydrogen-bond donors (Lipinski definition) is 2. The Bertz CT molecular complexity index is 1080. The molecule has 33 heavy (non-hydrogen) atoms. The van der Waals surface area contributed by atoms with Gasteiger partial charge in [-0.05, 0) is 69.6 Å². The van der Waals surface area contributed by atoms with Crippen LogP contribution in [0.3, 0.4) is 0 Å². The number of nitrogens with zero attached hydrogens (tertiary/aromatic N) is 3. The van der Waals surface area contributed by atoms with E-state index in [1.807, 2.05) is 0 Å². The molecule has 3 aromatic rings. The number of halogens is 1. The molecule has 0 unspecified atom stereocenters. The lowest BCUT2D eigenvalue weighted by atomic mass is 10.1. The predicted octanol–water partition coefficient (Wildman–Crippen LogP) is 4.42. The fourth-order valence-electron chi connectivity index (χ4n) is 3.85. The van der Waals surface area contributed by atoms with Crippen LogP contribution in [-0.4, -0.2) is 54.3 Å². The van der Waals surface area contributed by atoms with Gasteiger partial charge in [0, 0.05) is 18.3 Å². The number of aromatic nitrogens is 2. The summed E-state index contributed by atoms with van der Waals surface area (Å²) < 4.78 is 25.0. The Morgan fingerprint density at radius 1 is 1.15 bits per heavy atom. The minimum Gasteiger partial charge on any atom is -0.496 e. The summed E-state index contributed by atoms with van der Waals surface area (Å²) in [6, 6.07) is 11.2. The highest BCUT2D eigenvalue weighted by Crippen LogP contribution is 2.32. The molecule has 4 rings (SSSR count). The number of benzene rings is 2. The molecular formula is C24H28FN5O3. The molecule has 1 aliphatic heterocycles. The average Bonchev–Trinajstić information content (AvgIpc) is 3.51. The molecule has 2 heterocycles. The maximum Gasteiger partial charge on any atom is 0.315 e. The third kappa shape index (κ3) is 5.87. The van der Waals surface area contributed by atoms with Crippen molar-refractivity contribution in [1.82, 2.24) is 15.1 Å². The second-order valence-electron chi connectivity index (χ2n) is 7.94. The summed E-state index contributed by atoms with van der Waals surface area (Å²) in [4.78, 5) is 14.9. The number of nitrogens with one attached hydrogen (secondary N) is 2. The zero-order chi connectivity index (χ0) is 23.0. The number of methoxy groups -OCH3 is 1. The molecule has 0 radical (unpaired) electrons. The Hall–Kier alpha value is -3.46. The maximum atomic E-state index is 13.9. The third-order valence-corrected chi connectivity index (χ3v) is 5.61. The molecule has 1 fully saturated rings. The van der Waals surface area contributed by atoms with E-state index in [0.717, 1.165) is 25.9 Å². The summed E-state index contributed by atoms with van der Waals surface area (Å²) in [5.41, 5.74) is 1.02. The van der Waals surface area contributed by atoms with Crippen molar-refractivity contribution >= 4 is 17.6 Å². The van der Waals surface area contributed by atoms with Gasteiger partial charge in [-0.1, -0.05) is 17.2 Å². The summed E-state index contributed by atoms with van der Waals surface area (Å²) in [7, 11) is 1.51. The molecule has 9 heteroatoms. The smallest absolute Gasteiger partial charge is 0.315 e. The van der Waals surface area contributed by atoms with E-state index in [-0.39, 0.29) is 5.56 Å². The van der Waals surface area contributed by atoms with Crippen molar-refractivity contribution in [2.75, 3.05) is 43.9 Å². The van der Waals surface area contributed by atoms with E-state index in [4.69, 9.17) is 9.15 Å². The number of carbonyl (C=O) groups excluding carboxylic acids is 1. The molecule has 8 nitrogen and oxygen atoms in total. The zero-order valence-electron chi connectivity index (χ0n) is 18.6. The van der Waals surface area contributed by atoms with Gasteiger partial charge in [-0.25, -0.2) is 4.39 Å². The van der Waals surface area contributed by atoms with Crippen molar-refractivity contribution in [3.8, 4) is 17.2 Å². The molecule has 0 saturated carbocycles. The molecule has 174 valence electrons. The van der Waals surface area contributed by atoms with E-state index < -0.39 is 11.7 Å². The Kier molecular flexibility index (Phi) is 7.51. The number of anilines is 2. The van der Waals surface area contributed by atoms with Crippen LogP contribution < -0.4 is 15.4 Å². The van der Waals surface area contributed by atoms with E-state index in [2.05, 4.69) is 25.7 Å². The predicted molar refractivity (Wildman–Crippen MR) is 124 cm³/mol. The number of hydrogen-bond acceptors (Lipinski definition) is 7. The minimum atomic E-state index is -0.583. The number of rotatable bonds is 10. The van der Waals surface area contributed by atoms with Crippen molar-refractivity contribution in [2.24, 2.45) is 0 Å². The van der Waals surface area contributed by atoms with Gasteiger partial charge in [0.1, 0.15) is 11.6 Å². The van der Waals surface area contributed by atoms with Gasteiger partial charge < -0.3 is 24.7 Å². The van der Waals surface area contributed by atoms with Crippen LogP contribution in [0.15, 0.2) is 46.9 Å². The molecule has 1 amide bonds. The molecule has 0 atom stereocenters. The SMILES string of the molecule is COc1cc(NC(=O)c2ccccc2F)ccc1-c1nnc(NCCCCN2CCCC2)o1. The molecule has 2 N–H and O–H groups in total. The quantitative estimate of drug-likeness (QED) is 0.439. The molecule has 0 aliphatic carbocycles. The van der Waals surface area contributed by atoms with E-state index in [9.17, 15) is 9.18 Å². The van der Waals surface area contributed by atoms with Gasteiger partial charge in [-0.15, -0.1) is 5.10 Å². The lowest BCUT2D eigenvalue weighted by Gasteiger charge is -2.13. The first-order valence-corrected chi connectivity index (χ1v) is 11.2. The molecule has 1 aromatic heterocycles. The van der Waals surface area contributed by atoms with Crippen molar-refractivity contribution in [3.63, 3.8) is 0 Å². The third-order valence-electron chi connectivity index (χ3n) is 5.61. The molecule has 1 saturated heterocycles. The first-order valence-electron chi connectivity index (χ1n) is 11.2.